The maximum Gasteiger partial charge on any atom is 0.328 e. The molecule has 0 bridgehead atoms. The van der Waals surface area contributed by atoms with Gasteiger partial charge in [-0.1, -0.05) is 0 Å². The summed E-state index contributed by atoms with van der Waals surface area (Å²) < 4.78 is 7.16. The highest BCUT2D eigenvalue weighted by Crippen LogP contribution is 2.23. The van der Waals surface area contributed by atoms with Gasteiger partial charge in [-0.3, -0.25) is 4.68 Å². The minimum atomic E-state index is -1.26. The van der Waals surface area contributed by atoms with Crippen LogP contribution in [0.25, 0.3) is 10.9 Å². The smallest absolute Gasteiger partial charge is 0.328 e. The summed E-state index contributed by atoms with van der Waals surface area (Å²) in [7, 11) is 1.67. The highest BCUT2D eigenvalue weighted by molar-refractivity contribution is 5.89. The monoisotopic (exact) mass is 335 g/mol. The van der Waals surface area contributed by atoms with Crippen LogP contribution in [0.15, 0.2) is 30.4 Å². The number of benzene rings is 1. The Balaban J connectivity index is 0.000000307. The number of aromatic nitrogens is 2. The average Bonchev–Trinajstić information content (AvgIpc) is 2.81. The Bertz CT molecular complexity index is 733. The van der Waals surface area contributed by atoms with Crippen LogP contribution in [0.5, 0.6) is 5.75 Å². The summed E-state index contributed by atoms with van der Waals surface area (Å²) in [5, 5.41) is 21.3. The van der Waals surface area contributed by atoms with Gasteiger partial charge in [0.15, 0.2) is 0 Å². The molecule has 2 aromatic rings. The molecular formula is C16H21N3O5. The minimum absolute atomic E-state index is 0.0914. The standard InChI is InChI=1S/C12H17N3O.C4H4O4/c1-8(13)7-15-12-6-10(16-3)4-5-11(12)9(2)14-15;5-3(6)1-2-4(7)8/h4-6,8H,7,13H2,1-3H3;1-2H,(H,5,6)(H,7,8)/b;2-1+/t8-;/m0./s1. The van der Waals surface area contributed by atoms with E-state index < -0.39 is 11.9 Å². The van der Waals surface area contributed by atoms with Crippen molar-refractivity contribution >= 4 is 22.8 Å². The zero-order chi connectivity index (χ0) is 18.3. The van der Waals surface area contributed by atoms with Crippen LogP contribution in [-0.2, 0) is 16.1 Å². The number of hydrogen-bond acceptors (Lipinski definition) is 5. The largest absolute Gasteiger partial charge is 0.497 e. The van der Waals surface area contributed by atoms with Gasteiger partial charge in [-0.2, -0.15) is 5.10 Å². The number of rotatable bonds is 5. The molecule has 0 fully saturated rings. The first-order chi connectivity index (χ1) is 11.2. The molecule has 1 aromatic heterocycles. The lowest BCUT2D eigenvalue weighted by molar-refractivity contribution is -0.134. The zero-order valence-electron chi connectivity index (χ0n) is 13.8. The zero-order valence-corrected chi connectivity index (χ0v) is 13.8. The average molecular weight is 335 g/mol. The molecule has 0 saturated carbocycles. The van der Waals surface area contributed by atoms with E-state index in [1.54, 1.807) is 7.11 Å². The van der Waals surface area contributed by atoms with E-state index in [0.29, 0.717) is 12.2 Å². The molecule has 130 valence electrons. The van der Waals surface area contributed by atoms with Gasteiger partial charge in [-0.05, 0) is 26.0 Å². The first-order valence-corrected chi connectivity index (χ1v) is 7.15. The number of carbonyl (C=O) groups is 2. The van der Waals surface area contributed by atoms with Crippen molar-refractivity contribution in [2.24, 2.45) is 5.73 Å². The summed E-state index contributed by atoms with van der Waals surface area (Å²) in [5.41, 5.74) is 7.91. The van der Waals surface area contributed by atoms with Gasteiger partial charge < -0.3 is 20.7 Å². The van der Waals surface area contributed by atoms with Crippen molar-refractivity contribution in [3.8, 4) is 5.75 Å². The summed E-state index contributed by atoms with van der Waals surface area (Å²) in [6.45, 7) is 4.70. The van der Waals surface area contributed by atoms with Crippen LogP contribution in [0, 0.1) is 6.92 Å². The van der Waals surface area contributed by atoms with Crippen LogP contribution in [0.4, 0.5) is 0 Å². The van der Waals surface area contributed by atoms with Crippen molar-refractivity contribution in [3.05, 3.63) is 36.0 Å². The topological polar surface area (TPSA) is 128 Å². The van der Waals surface area contributed by atoms with Gasteiger partial charge in [0.25, 0.3) is 0 Å². The SMILES string of the molecule is COc1ccc2c(C)nn(C[C@H](C)N)c2c1.O=C(O)/C=C/C(=O)O. The highest BCUT2D eigenvalue weighted by atomic mass is 16.5. The summed E-state index contributed by atoms with van der Waals surface area (Å²) in [5.74, 6) is -1.67. The van der Waals surface area contributed by atoms with E-state index in [2.05, 4.69) is 5.10 Å². The number of nitrogens with zero attached hydrogens (tertiary/aromatic N) is 2. The third kappa shape index (κ3) is 5.73. The van der Waals surface area contributed by atoms with E-state index in [0.717, 1.165) is 28.9 Å². The van der Waals surface area contributed by atoms with Crippen LogP contribution in [0.3, 0.4) is 0 Å². The molecule has 8 heteroatoms. The predicted octanol–water partition coefficient (Wildman–Crippen LogP) is 1.41. The second-order valence-corrected chi connectivity index (χ2v) is 5.14. The molecule has 24 heavy (non-hydrogen) atoms. The molecule has 0 spiro atoms. The van der Waals surface area contributed by atoms with Crippen LogP contribution >= 0.6 is 0 Å². The molecule has 1 aromatic carbocycles. The number of carboxylic acids is 2. The lowest BCUT2D eigenvalue weighted by Crippen LogP contribution is -2.22. The number of nitrogens with two attached hydrogens (primary N) is 1. The highest BCUT2D eigenvalue weighted by Gasteiger charge is 2.09. The van der Waals surface area contributed by atoms with Gasteiger partial charge in [0.1, 0.15) is 5.75 Å². The van der Waals surface area contributed by atoms with Crippen molar-refractivity contribution in [2.75, 3.05) is 7.11 Å². The van der Waals surface area contributed by atoms with Crippen molar-refractivity contribution in [1.82, 2.24) is 9.78 Å². The van der Waals surface area contributed by atoms with Crippen molar-refractivity contribution < 1.29 is 24.5 Å². The molecule has 2 rings (SSSR count). The number of methoxy groups -OCH3 is 1. The minimum Gasteiger partial charge on any atom is -0.497 e. The third-order valence-corrected chi connectivity index (χ3v) is 2.97. The summed E-state index contributed by atoms with van der Waals surface area (Å²) >= 11 is 0. The first-order valence-electron chi connectivity index (χ1n) is 7.15. The number of hydrogen-bond donors (Lipinski definition) is 3. The van der Waals surface area contributed by atoms with E-state index in [1.165, 1.54) is 0 Å². The summed E-state index contributed by atoms with van der Waals surface area (Å²) in [4.78, 5) is 19.1. The van der Waals surface area contributed by atoms with E-state index in [-0.39, 0.29) is 6.04 Å². The van der Waals surface area contributed by atoms with E-state index in [9.17, 15) is 9.59 Å². The molecular weight excluding hydrogens is 314 g/mol. The molecule has 4 N–H and O–H groups in total. The van der Waals surface area contributed by atoms with E-state index >= 15 is 0 Å². The van der Waals surface area contributed by atoms with Gasteiger partial charge in [0.2, 0.25) is 0 Å². The van der Waals surface area contributed by atoms with Gasteiger partial charge in [-0.15, -0.1) is 0 Å². The fourth-order valence-corrected chi connectivity index (χ4v) is 2.00. The molecule has 0 amide bonds. The molecule has 0 saturated heterocycles. The summed E-state index contributed by atoms with van der Waals surface area (Å²) in [6, 6.07) is 6.08. The van der Waals surface area contributed by atoms with E-state index in [1.807, 2.05) is 36.7 Å². The third-order valence-electron chi connectivity index (χ3n) is 2.97. The molecule has 0 aliphatic rings. The van der Waals surface area contributed by atoms with Crippen LogP contribution in [0.1, 0.15) is 12.6 Å². The second-order valence-electron chi connectivity index (χ2n) is 5.14. The molecule has 8 nitrogen and oxygen atoms in total. The lowest BCUT2D eigenvalue weighted by atomic mass is 10.2. The Morgan fingerprint density at radius 2 is 1.92 bits per heavy atom. The number of fused-ring (bicyclic) bond motifs is 1. The molecule has 0 aliphatic heterocycles. The maximum atomic E-state index is 9.55. The van der Waals surface area contributed by atoms with E-state index in [4.69, 9.17) is 20.7 Å². The van der Waals surface area contributed by atoms with Crippen LogP contribution in [-0.4, -0.2) is 45.1 Å². The normalized spacial score (nSPS) is 11.8. The number of ether oxygens (including phenoxy) is 1. The van der Waals surface area contributed by atoms with Gasteiger partial charge in [0, 0.05) is 29.6 Å². The Morgan fingerprint density at radius 1 is 1.33 bits per heavy atom. The fourth-order valence-electron chi connectivity index (χ4n) is 2.00. The fraction of sp³-hybridized carbons (Fsp3) is 0.312. The predicted molar refractivity (Wildman–Crippen MR) is 89.1 cm³/mol. The number of aryl methyl sites for hydroxylation is 1. The molecule has 0 radical (unpaired) electrons. The molecule has 1 heterocycles. The molecule has 1 atom stereocenters. The van der Waals surface area contributed by atoms with Crippen LogP contribution in [0.2, 0.25) is 0 Å². The Labute approximate surface area is 139 Å². The van der Waals surface area contributed by atoms with Crippen molar-refractivity contribution in [2.45, 2.75) is 26.4 Å². The Kier molecular flexibility index (Phi) is 6.94. The first kappa shape index (κ1) is 19.2. The second kappa shape index (κ2) is 8.68. The molecule has 0 aliphatic carbocycles. The Hall–Kier alpha value is -2.87. The van der Waals surface area contributed by atoms with Gasteiger partial charge in [0.05, 0.1) is 24.9 Å². The number of aliphatic carboxylic acids is 2. The van der Waals surface area contributed by atoms with Gasteiger partial charge in [-0.25, -0.2) is 9.59 Å². The van der Waals surface area contributed by atoms with Crippen molar-refractivity contribution in [3.63, 3.8) is 0 Å². The molecule has 0 unspecified atom stereocenters. The lowest BCUT2D eigenvalue weighted by Gasteiger charge is -2.07. The maximum absolute atomic E-state index is 9.55. The summed E-state index contributed by atoms with van der Waals surface area (Å²) in [6.07, 6.45) is 1.12. The number of carboxylic acid groups (broad SMARTS) is 2. The Morgan fingerprint density at radius 3 is 2.38 bits per heavy atom. The quantitative estimate of drug-likeness (QED) is 0.705. The van der Waals surface area contributed by atoms with Crippen molar-refractivity contribution in [1.29, 1.82) is 0 Å². The van der Waals surface area contributed by atoms with Gasteiger partial charge >= 0.3 is 11.9 Å². The van der Waals surface area contributed by atoms with Crippen LogP contribution < -0.4 is 10.5 Å².